The number of benzene rings is 1. The summed E-state index contributed by atoms with van der Waals surface area (Å²) >= 11 is 0. The third-order valence-corrected chi connectivity index (χ3v) is 4.14. The van der Waals surface area contributed by atoms with Gasteiger partial charge in [-0.3, -0.25) is 4.68 Å². The van der Waals surface area contributed by atoms with Crippen molar-refractivity contribution in [2.75, 3.05) is 0 Å². The molecule has 0 radical (unpaired) electrons. The van der Waals surface area contributed by atoms with Crippen LogP contribution in [0.4, 0.5) is 13.2 Å². The molecular weight excluding hydrogens is 323 g/mol. The number of halogens is 3. The molecule has 0 spiro atoms. The molecule has 2 N–H and O–H groups in total. The molecule has 0 saturated carbocycles. The quantitative estimate of drug-likeness (QED) is 0.902. The van der Waals surface area contributed by atoms with Gasteiger partial charge in [0.25, 0.3) is 0 Å². The number of hydrogen-bond acceptors (Lipinski definition) is 3. The number of rotatable bonds is 3. The summed E-state index contributed by atoms with van der Waals surface area (Å²) in [6, 6.07) is 5.38. The maximum Gasteiger partial charge on any atom is 0.416 e. The van der Waals surface area contributed by atoms with E-state index in [1.54, 1.807) is 0 Å². The number of alkyl halides is 3. The fraction of sp³-hybridized carbons (Fsp3) is 0.375. The molecule has 1 aliphatic heterocycles. The average molecular weight is 339 g/mol. The van der Waals surface area contributed by atoms with Gasteiger partial charge in [0, 0.05) is 30.3 Å². The molecule has 0 amide bonds. The molecule has 128 valence electrons. The van der Waals surface area contributed by atoms with Crippen molar-refractivity contribution in [1.29, 1.82) is 0 Å². The van der Waals surface area contributed by atoms with E-state index in [2.05, 4.69) is 10.4 Å². The Morgan fingerprint density at radius 2 is 2.12 bits per heavy atom. The third kappa shape index (κ3) is 3.01. The molecule has 2 aromatic rings. The van der Waals surface area contributed by atoms with Gasteiger partial charge in [-0.25, -0.2) is 4.79 Å². The molecule has 1 aromatic carbocycles. The Bertz CT molecular complexity index is 783. The van der Waals surface area contributed by atoms with Crippen molar-refractivity contribution in [3.63, 3.8) is 0 Å². The number of fused-ring (bicyclic) bond motifs is 1. The van der Waals surface area contributed by atoms with E-state index < -0.39 is 17.7 Å². The molecular formula is C16H16F3N3O2. The second kappa shape index (κ2) is 5.94. The first-order valence-corrected chi connectivity index (χ1v) is 7.47. The summed E-state index contributed by atoms with van der Waals surface area (Å²) in [5.41, 5.74) is 0.459. The van der Waals surface area contributed by atoms with Gasteiger partial charge in [0.1, 0.15) is 0 Å². The van der Waals surface area contributed by atoms with Crippen molar-refractivity contribution in [3.05, 3.63) is 52.3 Å². The van der Waals surface area contributed by atoms with Crippen LogP contribution >= 0.6 is 0 Å². The Kier molecular flexibility index (Phi) is 4.08. The second-order valence-corrected chi connectivity index (χ2v) is 5.88. The minimum Gasteiger partial charge on any atom is -0.476 e. The van der Waals surface area contributed by atoms with Crippen LogP contribution in [-0.4, -0.2) is 26.9 Å². The van der Waals surface area contributed by atoms with Crippen LogP contribution < -0.4 is 5.32 Å². The number of carboxylic acid groups (broad SMARTS) is 1. The first-order valence-electron chi connectivity index (χ1n) is 7.47. The van der Waals surface area contributed by atoms with E-state index in [0.717, 1.165) is 6.07 Å². The maximum absolute atomic E-state index is 13.2. The molecule has 1 aromatic heterocycles. The van der Waals surface area contributed by atoms with Gasteiger partial charge >= 0.3 is 12.1 Å². The Morgan fingerprint density at radius 3 is 2.79 bits per heavy atom. The van der Waals surface area contributed by atoms with Crippen LogP contribution in [0.1, 0.15) is 39.8 Å². The van der Waals surface area contributed by atoms with Gasteiger partial charge in [-0.15, -0.1) is 0 Å². The lowest BCUT2D eigenvalue weighted by molar-refractivity contribution is -0.138. The Hall–Kier alpha value is -2.35. The Balaban J connectivity index is 2.05. The number of hydrogen-bond donors (Lipinski definition) is 2. The fourth-order valence-electron chi connectivity index (χ4n) is 2.99. The molecule has 2 heterocycles. The minimum absolute atomic E-state index is 0.0680. The van der Waals surface area contributed by atoms with Crippen LogP contribution in [0.3, 0.4) is 0 Å². The topological polar surface area (TPSA) is 67.1 Å². The highest BCUT2D eigenvalue weighted by atomic mass is 19.4. The van der Waals surface area contributed by atoms with E-state index in [9.17, 15) is 23.1 Å². The molecule has 24 heavy (non-hydrogen) atoms. The molecule has 8 heteroatoms. The normalized spacial score (nSPS) is 17.6. The van der Waals surface area contributed by atoms with Crippen LogP contribution in [0.15, 0.2) is 24.3 Å². The first-order chi connectivity index (χ1) is 11.3. The summed E-state index contributed by atoms with van der Waals surface area (Å²) < 4.78 is 40.8. The fourth-order valence-corrected chi connectivity index (χ4v) is 2.99. The van der Waals surface area contributed by atoms with Crippen LogP contribution in [0, 0.1) is 0 Å². The monoisotopic (exact) mass is 339 g/mol. The molecule has 1 aliphatic rings. The van der Waals surface area contributed by atoms with E-state index in [4.69, 9.17) is 0 Å². The van der Waals surface area contributed by atoms with Crippen molar-refractivity contribution in [3.8, 4) is 0 Å². The zero-order valence-electron chi connectivity index (χ0n) is 12.9. The molecule has 0 unspecified atom stereocenters. The molecule has 0 bridgehead atoms. The second-order valence-electron chi connectivity index (χ2n) is 5.88. The van der Waals surface area contributed by atoms with Crippen molar-refractivity contribution in [1.82, 2.24) is 15.1 Å². The summed E-state index contributed by atoms with van der Waals surface area (Å²) in [7, 11) is 0. The summed E-state index contributed by atoms with van der Waals surface area (Å²) in [6.07, 6.45) is -3.95. The molecule has 0 aliphatic carbocycles. The van der Waals surface area contributed by atoms with Gasteiger partial charge in [0.05, 0.1) is 12.1 Å². The summed E-state index contributed by atoms with van der Waals surface area (Å²) in [5.74, 6) is -1.18. The van der Waals surface area contributed by atoms with Crippen LogP contribution in [0.25, 0.3) is 0 Å². The zero-order chi connectivity index (χ0) is 17.5. The number of nitrogens with one attached hydrogen (secondary N) is 1. The van der Waals surface area contributed by atoms with E-state index in [-0.39, 0.29) is 23.8 Å². The highest BCUT2D eigenvalue weighted by molar-refractivity contribution is 5.87. The minimum atomic E-state index is -4.46. The van der Waals surface area contributed by atoms with Crippen molar-refractivity contribution in [2.24, 2.45) is 0 Å². The van der Waals surface area contributed by atoms with E-state index in [1.807, 2.05) is 6.92 Å². The van der Waals surface area contributed by atoms with Crippen LogP contribution in [-0.2, 0) is 25.7 Å². The summed E-state index contributed by atoms with van der Waals surface area (Å²) in [5, 5.41) is 16.5. The lowest BCUT2D eigenvalue weighted by Gasteiger charge is -2.22. The van der Waals surface area contributed by atoms with Gasteiger partial charge in [0.2, 0.25) is 0 Å². The standard InChI is InChI=1S/C16H16F3N3O2/c1-9-6-13-11(7-20-9)14(15(23)24)21-22(13)8-10-4-2-3-5-12(10)16(17,18)19/h2-5,9,20H,6-8H2,1H3,(H,23,24)/t9-/m1/s1. The zero-order valence-corrected chi connectivity index (χ0v) is 12.9. The van der Waals surface area contributed by atoms with Crippen LogP contribution in [0.5, 0.6) is 0 Å². The molecule has 0 fully saturated rings. The van der Waals surface area contributed by atoms with Gasteiger partial charge in [-0.05, 0) is 18.6 Å². The number of aromatic nitrogens is 2. The number of aromatic carboxylic acids is 1. The van der Waals surface area contributed by atoms with Gasteiger partial charge in [-0.1, -0.05) is 18.2 Å². The lowest BCUT2D eigenvalue weighted by atomic mass is 10.0. The van der Waals surface area contributed by atoms with E-state index in [1.165, 1.54) is 22.9 Å². The smallest absolute Gasteiger partial charge is 0.416 e. The predicted octanol–water partition coefficient (Wildman–Crippen LogP) is 2.68. The van der Waals surface area contributed by atoms with Gasteiger partial charge in [0.15, 0.2) is 5.69 Å². The summed E-state index contributed by atoms with van der Waals surface area (Å²) in [6.45, 7) is 2.17. The Morgan fingerprint density at radius 1 is 1.42 bits per heavy atom. The third-order valence-electron chi connectivity index (χ3n) is 4.14. The van der Waals surface area contributed by atoms with Crippen molar-refractivity contribution >= 4 is 5.97 Å². The Labute approximate surface area is 136 Å². The molecule has 0 saturated heterocycles. The number of carbonyl (C=O) groups is 1. The number of carboxylic acids is 1. The molecule has 5 nitrogen and oxygen atoms in total. The van der Waals surface area contributed by atoms with Gasteiger partial charge < -0.3 is 10.4 Å². The van der Waals surface area contributed by atoms with Gasteiger partial charge in [-0.2, -0.15) is 18.3 Å². The van der Waals surface area contributed by atoms with Crippen molar-refractivity contribution in [2.45, 2.75) is 38.7 Å². The largest absolute Gasteiger partial charge is 0.476 e. The molecule has 3 rings (SSSR count). The molecule has 1 atom stereocenters. The predicted molar refractivity (Wildman–Crippen MR) is 79.7 cm³/mol. The van der Waals surface area contributed by atoms with Crippen molar-refractivity contribution < 1.29 is 23.1 Å². The van der Waals surface area contributed by atoms with E-state index >= 15 is 0 Å². The average Bonchev–Trinajstić information content (AvgIpc) is 2.85. The van der Waals surface area contributed by atoms with Crippen LogP contribution in [0.2, 0.25) is 0 Å². The lowest BCUT2D eigenvalue weighted by Crippen LogP contribution is -2.34. The van der Waals surface area contributed by atoms with E-state index in [0.29, 0.717) is 24.2 Å². The number of nitrogens with zero attached hydrogens (tertiary/aromatic N) is 2. The highest BCUT2D eigenvalue weighted by Gasteiger charge is 2.34. The first kappa shape index (κ1) is 16.5. The summed E-state index contributed by atoms with van der Waals surface area (Å²) in [4.78, 5) is 11.4. The maximum atomic E-state index is 13.2. The SMILES string of the molecule is C[C@@H]1Cc2c(c(C(=O)O)nn2Cc2ccccc2C(F)(F)F)CN1. The highest BCUT2D eigenvalue weighted by Crippen LogP contribution is 2.32.